The summed E-state index contributed by atoms with van der Waals surface area (Å²) in [6.45, 7) is -0.0827. The molecule has 3 heterocycles. The first kappa shape index (κ1) is 29.8. The van der Waals surface area contributed by atoms with Crippen molar-refractivity contribution in [1.29, 1.82) is 0 Å². The van der Waals surface area contributed by atoms with Crippen molar-refractivity contribution in [3.63, 3.8) is 0 Å². The van der Waals surface area contributed by atoms with Crippen LogP contribution in [-0.2, 0) is 15.8 Å². The number of aliphatic hydroxyl groups is 1. The fraction of sp³-hybridized carbons (Fsp3) is 0.333. The Labute approximate surface area is 252 Å². The lowest BCUT2D eigenvalue weighted by atomic mass is 9.83. The lowest BCUT2D eigenvalue weighted by Crippen LogP contribution is -2.51. The van der Waals surface area contributed by atoms with Gasteiger partial charge in [-0.3, -0.25) is 9.48 Å². The van der Waals surface area contributed by atoms with Gasteiger partial charge in [0.2, 0.25) is 5.60 Å². The number of hydrogen-bond acceptors (Lipinski definition) is 7. The zero-order chi connectivity index (χ0) is 31.6. The minimum atomic E-state index is -5.35. The van der Waals surface area contributed by atoms with Crippen molar-refractivity contribution in [2.45, 2.75) is 43.0 Å². The summed E-state index contributed by atoms with van der Waals surface area (Å²) >= 11 is 5.93. The lowest BCUT2D eigenvalue weighted by molar-refractivity contribution is -0.265. The molecular weight excluding hydrogens is 608 g/mol. The molecule has 1 unspecified atom stereocenters. The zero-order valence-corrected chi connectivity index (χ0v) is 24.1. The van der Waals surface area contributed by atoms with Crippen molar-refractivity contribution in [2.75, 3.05) is 20.3 Å². The molecule has 0 spiro atoms. The molecule has 2 N–H and O–H groups in total. The molecule has 230 valence electrons. The summed E-state index contributed by atoms with van der Waals surface area (Å²) in [4.78, 5) is 29.3. The summed E-state index contributed by atoms with van der Waals surface area (Å²) in [5.74, 6) is -1.40. The Morgan fingerprint density at radius 2 is 2.02 bits per heavy atom. The standard InChI is InChI=1S/C30H25ClF4N4O5/c1-28(13-40)14-44-26-19(28)10-24(37-25(26)15-3-6-21(32)20(31)7-15)29(42,30(33,34)35)12-36-27(41)16-8-22-18(23(9-16)43-2)11-39(38-22)17-4-5-17/h3,6-11,13,17,42H,4-5,12,14H2,1-2H3,(H,36,41)/t28-,29?/m0/s1. The SMILES string of the molecule is COc1cc(C(=O)NCC(O)(c2cc3c(c(-c4ccc(F)c(Cl)c4)n2)OC[C@]3(C)C=O)C(F)(F)F)cc2nn(C3CC3)cc12. The monoisotopic (exact) mass is 632 g/mol. The second kappa shape index (κ2) is 10.4. The number of aromatic nitrogens is 3. The van der Waals surface area contributed by atoms with Crippen LogP contribution < -0.4 is 14.8 Å². The van der Waals surface area contributed by atoms with Gasteiger partial charge in [-0.2, -0.15) is 18.3 Å². The maximum Gasteiger partial charge on any atom is 0.424 e. The van der Waals surface area contributed by atoms with Gasteiger partial charge in [0.1, 0.15) is 35.9 Å². The highest BCUT2D eigenvalue weighted by Gasteiger charge is 2.57. The van der Waals surface area contributed by atoms with Crippen LogP contribution in [0.3, 0.4) is 0 Å². The number of nitrogens with zero attached hydrogens (tertiary/aromatic N) is 3. The minimum absolute atomic E-state index is 0.00869. The number of amides is 1. The van der Waals surface area contributed by atoms with Crippen LogP contribution in [0.1, 0.15) is 47.4 Å². The van der Waals surface area contributed by atoms with Crippen LogP contribution in [0, 0.1) is 5.82 Å². The fourth-order valence-electron chi connectivity index (χ4n) is 5.13. The van der Waals surface area contributed by atoms with Gasteiger partial charge in [0.05, 0.1) is 46.7 Å². The van der Waals surface area contributed by atoms with Gasteiger partial charge in [0.15, 0.2) is 0 Å². The Hall–Kier alpha value is -4.23. The quantitative estimate of drug-likeness (QED) is 0.201. The van der Waals surface area contributed by atoms with Crippen LogP contribution in [0.2, 0.25) is 5.02 Å². The van der Waals surface area contributed by atoms with Gasteiger partial charge in [-0.15, -0.1) is 0 Å². The summed E-state index contributed by atoms with van der Waals surface area (Å²) in [6.07, 6.45) is -1.11. The number of nitrogens with one attached hydrogen (secondary N) is 1. The molecule has 1 aliphatic carbocycles. The highest BCUT2D eigenvalue weighted by atomic mass is 35.5. The molecule has 1 amide bonds. The molecular formula is C30H25ClF4N4O5. The van der Waals surface area contributed by atoms with E-state index in [9.17, 15) is 32.3 Å². The third-order valence-corrected chi connectivity index (χ3v) is 8.25. The number of methoxy groups -OCH3 is 1. The van der Waals surface area contributed by atoms with Gasteiger partial charge in [-0.1, -0.05) is 11.6 Å². The maximum absolute atomic E-state index is 14.7. The van der Waals surface area contributed by atoms with Crippen molar-refractivity contribution in [1.82, 2.24) is 20.1 Å². The molecule has 2 aliphatic rings. The number of rotatable bonds is 8. The number of pyridine rings is 1. The number of ether oxygens (including phenoxy) is 2. The van der Waals surface area contributed by atoms with Gasteiger partial charge >= 0.3 is 6.18 Å². The number of aldehydes is 1. The Balaban J connectivity index is 1.40. The van der Waals surface area contributed by atoms with Gasteiger partial charge in [0, 0.05) is 22.9 Å². The van der Waals surface area contributed by atoms with Crippen LogP contribution in [-0.4, -0.2) is 58.5 Å². The van der Waals surface area contributed by atoms with E-state index in [1.807, 2.05) is 0 Å². The first-order valence-corrected chi connectivity index (χ1v) is 13.9. The first-order chi connectivity index (χ1) is 20.8. The van der Waals surface area contributed by atoms with Crippen molar-refractivity contribution in [2.24, 2.45) is 0 Å². The van der Waals surface area contributed by atoms with E-state index in [4.69, 9.17) is 21.1 Å². The number of hydrogen-bond donors (Lipinski definition) is 2. The third-order valence-electron chi connectivity index (χ3n) is 7.96. The summed E-state index contributed by atoms with van der Waals surface area (Å²) in [5.41, 5.74) is -5.70. The predicted octanol–water partition coefficient (Wildman–Crippen LogP) is 5.26. The summed E-state index contributed by atoms with van der Waals surface area (Å²) in [6, 6.07) is 7.36. The van der Waals surface area contributed by atoms with Crippen LogP contribution in [0.25, 0.3) is 22.2 Å². The average molecular weight is 633 g/mol. The van der Waals surface area contributed by atoms with E-state index < -0.39 is 41.2 Å². The molecule has 2 atom stereocenters. The van der Waals surface area contributed by atoms with Crippen molar-refractivity contribution >= 4 is 34.7 Å². The van der Waals surface area contributed by atoms with E-state index in [2.05, 4.69) is 15.4 Å². The Bertz CT molecular complexity index is 1830. The molecule has 44 heavy (non-hydrogen) atoms. The number of benzene rings is 2. The average Bonchev–Trinajstić information content (AvgIpc) is 3.67. The zero-order valence-electron chi connectivity index (χ0n) is 23.3. The number of alkyl halides is 3. The van der Waals surface area contributed by atoms with E-state index in [0.29, 0.717) is 22.9 Å². The second-order valence-corrected chi connectivity index (χ2v) is 11.6. The van der Waals surface area contributed by atoms with Gasteiger partial charge in [-0.05, 0) is 56.2 Å². The van der Waals surface area contributed by atoms with Crippen molar-refractivity contribution < 1.29 is 41.7 Å². The number of halogens is 5. The normalized spacial score (nSPS) is 19.3. The molecule has 4 aromatic rings. The van der Waals surface area contributed by atoms with Crippen molar-refractivity contribution in [3.05, 3.63) is 70.3 Å². The van der Waals surface area contributed by atoms with Crippen LogP contribution in [0.5, 0.6) is 11.5 Å². The summed E-state index contributed by atoms with van der Waals surface area (Å²) in [5, 5.41) is 18.2. The molecule has 0 radical (unpaired) electrons. The molecule has 0 saturated heterocycles. The topological polar surface area (TPSA) is 116 Å². The lowest BCUT2D eigenvalue weighted by Gasteiger charge is -2.31. The highest BCUT2D eigenvalue weighted by Crippen LogP contribution is 2.47. The number of carbonyl (C=O) groups excluding carboxylic acids is 2. The summed E-state index contributed by atoms with van der Waals surface area (Å²) in [7, 11) is 1.40. The Morgan fingerprint density at radius 3 is 2.66 bits per heavy atom. The van der Waals surface area contributed by atoms with E-state index in [-0.39, 0.29) is 45.8 Å². The smallest absolute Gasteiger partial charge is 0.424 e. The van der Waals surface area contributed by atoms with E-state index >= 15 is 0 Å². The molecule has 1 aliphatic heterocycles. The molecule has 14 heteroatoms. The molecule has 1 fully saturated rings. The van der Waals surface area contributed by atoms with Gasteiger partial charge < -0.3 is 24.7 Å². The van der Waals surface area contributed by atoms with E-state index in [1.165, 1.54) is 32.2 Å². The number of fused-ring (bicyclic) bond motifs is 2. The van der Waals surface area contributed by atoms with Crippen LogP contribution >= 0.6 is 11.6 Å². The molecule has 6 rings (SSSR count). The summed E-state index contributed by atoms with van der Waals surface area (Å²) < 4.78 is 70.8. The highest BCUT2D eigenvalue weighted by molar-refractivity contribution is 6.31. The first-order valence-electron chi connectivity index (χ1n) is 13.5. The largest absolute Gasteiger partial charge is 0.496 e. The molecule has 1 saturated carbocycles. The van der Waals surface area contributed by atoms with Crippen LogP contribution in [0.4, 0.5) is 17.6 Å². The Kier molecular flexibility index (Phi) is 7.08. The van der Waals surface area contributed by atoms with Crippen LogP contribution in [0.15, 0.2) is 42.6 Å². The number of carbonyl (C=O) groups is 2. The Morgan fingerprint density at radius 1 is 1.27 bits per heavy atom. The third kappa shape index (κ3) is 4.93. The van der Waals surface area contributed by atoms with Gasteiger partial charge in [-0.25, -0.2) is 9.37 Å². The maximum atomic E-state index is 14.7. The van der Waals surface area contributed by atoms with E-state index in [0.717, 1.165) is 31.0 Å². The molecule has 0 bridgehead atoms. The van der Waals surface area contributed by atoms with Crippen molar-refractivity contribution in [3.8, 4) is 22.8 Å². The minimum Gasteiger partial charge on any atom is -0.496 e. The fourth-order valence-corrected chi connectivity index (χ4v) is 5.31. The molecule has 2 aromatic heterocycles. The van der Waals surface area contributed by atoms with Gasteiger partial charge in [0.25, 0.3) is 5.91 Å². The predicted molar refractivity (Wildman–Crippen MR) is 150 cm³/mol. The second-order valence-electron chi connectivity index (χ2n) is 11.2. The molecule has 2 aromatic carbocycles. The van der Waals surface area contributed by atoms with E-state index in [1.54, 1.807) is 10.9 Å². The molecule has 9 nitrogen and oxygen atoms in total.